The van der Waals surface area contributed by atoms with Crippen molar-refractivity contribution in [3.05, 3.63) is 40.9 Å². The largest absolute Gasteiger partial charge is 0.240 e. The number of alkyl halides is 1. The molecular weight excluding hydrogens is 328 g/mol. The van der Waals surface area contributed by atoms with Crippen molar-refractivity contribution in [1.82, 2.24) is 9.29 Å². The molecule has 2 aromatic rings. The van der Waals surface area contributed by atoms with Gasteiger partial charge in [-0.3, -0.25) is 0 Å². The lowest BCUT2D eigenvalue weighted by Gasteiger charge is -2.14. The Morgan fingerprint density at radius 1 is 1.29 bits per heavy atom. The topological polar surface area (TPSA) is 50.3 Å². The number of sulfonamides is 1. The van der Waals surface area contributed by atoms with Crippen LogP contribution in [0, 0.1) is 0 Å². The van der Waals surface area contributed by atoms with Gasteiger partial charge in [0.25, 0.3) is 0 Å². The molecule has 0 radical (unpaired) electrons. The molecule has 7 heteroatoms. The first-order valence-corrected chi connectivity index (χ1v) is 9.68. The summed E-state index contributed by atoms with van der Waals surface area (Å²) in [6.45, 7) is 1.07. The average Bonchev–Trinajstić information content (AvgIpc) is 3.07. The summed E-state index contributed by atoms with van der Waals surface area (Å²) in [6.07, 6.45) is 0.723. The van der Waals surface area contributed by atoms with Gasteiger partial charge in [-0.25, -0.2) is 13.4 Å². The molecule has 1 aliphatic heterocycles. The minimum absolute atomic E-state index is 0.269. The minimum Gasteiger partial charge on any atom is -0.240 e. The third-order valence-corrected chi connectivity index (χ3v) is 6.57. The third-order valence-electron chi connectivity index (χ3n) is 3.45. The van der Waals surface area contributed by atoms with Crippen LogP contribution in [0.1, 0.15) is 17.7 Å². The summed E-state index contributed by atoms with van der Waals surface area (Å²) in [5.74, 6) is 0.687. The molecule has 0 bridgehead atoms. The quantitative estimate of drug-likeness (QED) is 0.802. The van der Waals surface area contributed by atoms with E-state index >= 15 is 0 Å². The maximum Gasteiger partial charge on any atom is 0.214 e. The standard InChI is InChI=1S/C14H15ClN2O2S2/c15-8-13-10-20-14(16-13)12-4-2-11(3-5-12)9-17-6-1-7-21(17,18)19/h2-5,10H,1,6-9H2. The second-order valence-electron chi connectivity index (χ2n) is 4.98. The van der Waals surface area contributed by atoms with Crippen LogP contribution >= 0.6 is 22.9 Å². The zero-order valence-electron chi connectivity index (χ0n) is 11.3. The zero-order valence-corrected chi connectivity index (χ0v) is 13.7. The molecule has 4 nitrogen and oxygen atoms in total. The van der Waals surface area contributed by atoms with E-state index in [1.165, 1.54) is 0 Å². The molecule has 3 rings (SSSR count). The molecule has 1 saturated heterocycles. The van der Waals surface area contributed by atoms with Gasteiger partial charge in [-0.1, -0.05) is 24.3 Å². The number of thiazole rings is 1. The Morgan fingerprint density at radius 3 is 2.62 bits per heavy atom. The normalized spacial score (nSPS) is 18.1. The molecule has 0 unspecified atom stereocenters. The monoisotopic (exact) mass is 342 g/mol. The van der Waals surface area contributed by atoms with Gasteiger partial charge in [0.05, 0.1) is 17.3 Å². The first-order valence-electron chi connectivity index (χ1n) is 6.66. The first-order chi connectivity index (χ1) is 10.1. The highest BCUT2D eigenvalue weighted by Gasteiger charge is 2.27. The Morgan fingerprint density at radius 2 is 2.05 bits per heavy atom. The maximum absolute atomic E-state index is 11.8. The molecule has 21 heavy (non-hydrogen) atoms. The number of rotatable bonds is 4. The van der Waals surface area contributed by atoms with E-state index in [0.29, 0.717) is 19.0 Å². The van der Waals surface area contributed by atoms with E-state index in [-0.39, 0.29) is 5.75 Å². The van der Waals surface area contributed by atoms with Crippen molar-refractivity contribution < 1.29 is 8.42 Å². The van der Waals surface area contributed by atoms with Crippen molar-refractivity contribution in [1.29, 1.82) is 0 Å². The Labute approximate surface area is 133 Å². The van der Waals surface area contributed by atoms with Crippen LogP contribution in [0.3, 0.4) is 0 Å². The highest BCUT2D eigenvalue weighted by molar-refractivity contribution is 7.89. The van der Waals surface area contributed by atoms with Gasteiger partial charge < -0.3 is 0 Å². The van der Waals surface area contributed by atoms with E-state index in [2.05, 4.69) is 4.98 Å². The Hall–Kier alpha value is -0.950. The van der Waals surface area contributed by atoms with Crippen LogP contribution in [0.15, 0.2) is 29.6 Å². The smallest absolute Gasteiger partial charge is 0.214 e. The molecular formula is C14H15ClN2O2S2. The summed E-state index contributed by atoms with van der Waals surface area (Å²) < 4.78 is 25.1. The third kappa shape index (κ3) is 3.29. The van der Waals surface area contributed by atoms with Crippen LogP contribution in [-0.2, 0) is 22.4 Å². The van der Waals surface area contributed by atoms with Gasteiger partial charge in [0, 0.05) is 24.0 Å². The summed E-state index contributed by atoms with van der Waals surface area (Å²) in [6, 6.07) is 7.89. The van der Waals surface area contributed by atoms with Crippen molar-refractivity contribution in [2.75, 3.05) is 12.3 Å². The lowest BCUT2D eigenvalue weighted by atomic mass is 10.1. The second-order valence-corrected chi connectivity index (χ2v) is 8.19. The number of hydrogen-bond donors (Lipinski definition) is 0. The van der Waals surface area contributed by atoms with Crippen molar-refractivity contribution in [2.45, 2.75) is 18.8 Å². The van der Waals surface area contributed by atoms with Gasteiger partial charge in [0.2, 0.25) is 10.0 Å². The summed E-state index contributed by atoms with van der Waals surface area (Å²) in [5.41, 5.74) is 2.91. The lowest BCUT2D eigenvalue weighted by Crippen LogP contribution is -2.25. The molecule has 0 atom stereocenters. The number of nitrogens with zero attached hydrogens (tertiary/aromatic N) is 2. The van der Waals surface area contributed by atoms with Crippen molar-refractivity contribution in [3.8, 4) is 10.6 Å². The van der Waals surface area contributed by atoms with Gasteiger partial charge in [-0.15, -0.1) is 22.9 Å². The maximum atomic E-state index is 11.8. The second kappa shape index (κ2) is 6.04. The van der Waals surface area contributed by atoms with E-state index in [9.17, 15) is 8.42 Å². The van der Waals surface area contributed by atoms with Crippen LogP contribution in [0.2, 0.25) is 0 Å². The Bertz CT molecular complexity index is 726. The predicted molar refractivity (Wildman–Crippen MR) is 85.9 cm³/mol. The molecule has 0 N–H and O–H groups in total. The SMILES string of the molecule is O=S1(=O)CCCN1Cc1ccc(-c2nc(CCl)cs2)cc1. The van der Waals surface area contributed by atoms with Crippen molar-refractivity contribution in [2.24, 2.45) is 0 Å². The molecule has 112 valence electrons. The molecule has 1 aliphatic rings. The van der Waals surface area contributed by atoms with Crippen molar-refractivity contribution in [3.63, 3.8) is 0 Å². The molecule has 0 amide bonds. The Balaban J connectivity index is 1.75. The summed E-state index contributed by atoms with van der Waals surface area (Å²) >= 11 is 7.32. The number of aromatic nitrogens is 1. The minimum atomic E-state index is -3.04. The Kier molecular flexibility index (Phi) is 4.31. The molecule has 1 fully saturated rings. The molecule has 2 heterocycles. The number of halogens is 1. The average molecular weight is 343 g/mol. The highest BCUT2D eigenvalue weighted by atomic mass is 35.5. The van der Waals surface area contributed by atoms with Crippen LogP contribution in [0.5, 0.6) is 0 Å². The van der Waals surface area contributed by atoms with Crippen molar-refractivity contribution >= 4 is 33.0 Å². The summed E-state index contributed by atoms with van der Waals surface area (Å²) in [5, 5.41) is 2.89. The van der Waals surface area contributed by atoms with E-state index < -0.39 is 10.0 Å². The van der Waals surface area contributed by atoms with Gasteiger partial charge in [-0.2, -0.15) is 4.31 Å². The molecule has 0 saturated carbocycles. The zero-order chi connectivity index (χ0) is 14.9. The van der Waals surface area contributed by atoms with Gasteiger partial charge in [0.1, 0.15) is 5.01 Å². The highest BCUT2D eigenvalue weighted by Crippen LogP contribution is 2.25. The summed E-state index contributed by atoms with van der Waals surface area (Å²) in [4.78, 5) is 4.44. The fourth-order valence-electron chi connectivity index (χ4n) is 2.33. The molecule has 0 spiro atoms. The first kappa shape index (κ1) is 15.0. The number of hydrogen-bond acceptors (Lipinski definition) is 4. The van der Waals surface area contributed by atoms with Gasteiger partial charge in [-0.05, 0) is 12.0 Å². The fourth-order valence-corrected chi connectivity index (χ4v) is 4.89. The predicted octanol–water partition coefficient (Wildman–Crippen LogP) is 3.08. The van der Waals surface area contributed by atoms with Crippen LogP contribution in [0.25, 0.3) is 10.6 Å². The fraction of sp³-hybridized carbons (Fsp3) is 0.357. The van der Waals surface area contributed by atoms with Crippen LogP contribution in [-0.4, -0.2) is 30.0 Å². The lowest BCUT2D eigenvalue weighted by molar-refractivity contribution is 0.440. The van der Waals surface area contributed by atoms with Gasteiger partial charge in [0.15, 0.2) is 0 Å². The van der Waals surface area contributed by atoms with Gasteiger partial charge >= 0.3 is 0 Å². The number of benzene rings is 1. The van der Waals surface area contributed by atoms with Crippen LogP contribution in [0.4, 0.5) is 0 Å². The molecule has 1 aromatic carbocycles. The van der Waals surface area contributed by atoms with E-state index in [1.54, 1.807) is 15.6 Å². The van der Waals surface area contributed by atoms with E-state index in [0.717, 1.165) is 28.2 Å². The van der Waals surface area contributed by atoms with E-state index in [1.807, 2.05) is 29.6 Å². The van der Waals surface area contributed by atoms with E-state index in [4.69, 9.17) is 11.6 Å². The molecule has 1 aromatic heterocycles. The summed E-state index contributed by atoms with van der Waals surface area (Å²) in [7, 11) is -3.04. The van der Waals surface area contributed by atoms with Crippen LogP contribution < -0.4 is 0 Å². The molecule has 0 aliphatic carbocycles.